The van der Waals surface area contributed by atoms with Crippen LogP contribution in [0.1, 0.15) is 22.1 Å². The summed E-state index contributed by atoms with van der Waals surface area (Å²) in [5.74, 6) is 0.997. The predicted octanol–water partition coefficient (Wildman–Crippen LogP) is 5.37. The second-order valence-electron chi connectivity index (χ2n) is 8.14. The number of benzene rings is 3. The summed E-state index contributed by atoms with van der Waals surface area (Å²) < 4.78 is 31.3. The monoisotopic (exact) mass is 459 g/mol. The van der Waals surface area contributed by atoms with Gasteiger partial charge in [0.05, 0.1) is 33.2 Å². The number of hydrogen-bond donors (Lipinski definition) is 0. The highest BCUT2D eigenvalue weighted by atomic mass is 32.2. The van der Waals surface area contributed by atoms with Crippen molar-refractivity contribution in [3.05, 3.63) is 96.1 Å². The SMILES string of the molecule is Cc1ccc(S(=O)(=O)n2c3ccccc3c3ccc(C4SCCn5cncc54)cc32)cc1. The van der Waals surface area contributed by atoms with Crippen LogP contribution in [0.25, 0.3) is 21.8 Å². The maximum absolute atomic E-state index is 13.8. The van der Waals surface area contributed by atoms with Gasteiger partial charge >= 0.3 is 0 Å². The van der Waals surface area contributed by atoms with E-state index >= 15 is 0 Å². The van der Waals surface area contributed by atoms with Gasteiger partial charge in [0.15, 0.2) is 0 Å². The molecule has 7 heteroatoms. The first-order valence-electron chi connectivity index (χ1n) is 10.5. The predicted molar refractivity (Wildman–Crippen MR) is 130 cm³/mol. The van der Waals surface area contributed by atoms with Gasteiger partial charge in [0.25, 0.3) is 10.0 Å². The minimum absolute atomic E-state index is 0.129. The van der Waals surface area contributed by atoms with E-state index in [2.05, 4.69) is 21.7 Å². The van der Waals surface area contributed by atoms with E-state index in [9.17, 15) is 8.42 Å². The van der Waals surface area contributed by atoms with Crippen molar-refractivity contribution in [2.24, 2.45) is 0 Å². The number of fused-ring (bicyclic) bond motifs is 4. The number of thioether (sulfide) groups is 1. The number of hydrogen-bond acceptors (Lipinski definition) is 4. The van der Waals surface area contributed by atoms with Crippen molar-refractivity contribution in [2.45, 2.75) is 23.6 Å². The van der Waals surface area contributed by atoms with Gasteiger partial charge in [-0.25, -0.2) is 17.4 Å². The zero-order valence-electron chi connectivity index (χ0n) is 17.5. The third kappa shape index (κ3) is 2.92. The highest BCUT2D eigenvalue weighted by Crippen LogP contribution is 2.41. The van der Waals surface area contributed by atoms with E-state index in [1.165, 1.54) is 3.97 Å². The van der Waals surface area contributed by atoms with Crippen molar-refractivity contribution in [1.29, 1.82) is 0 Å². The molecule has 3 aromatic carbocycles. The molecule has 1 aliphatic rings. The van der Waals surface area contributed by atoms with Gasteiger partial charge in [-0.15, -0.1) is 11.8 Å². The van der Waals surface area contributed by atoms with Crippen LogP contribution in [0.4, 0.5) is 0 Å². The smallest absolute Gasteiger partial charge is 0.268 e. The fraction of sp³-hybridized carbons (Fsp3) is 0.160. The van der Waals surface area contributed by atoms with Crippen LogP contribution in [-0.2, 0) is 16.6 Å². The molecule has 3 heterocycles. The van der Waals surface area contributed by atoms with Gasteiger partial charge in [0.1, 0.15) is 0 Å². The van der Waals surface area contributed by atoms with E-state index in [1.54, 1.807) is 12.1 Å². The van der Waals surface area contributed by atoms with Gasteiger partial charge in [-0.1, -0.05) is 48.0 Å². The minimum Gasteiger partial charge on any atom is -0.332 e. The number of imidazole rings is 1. The molecule has 160 valence electrons. The standard InChI is InChI=1S/C25H21N3O2S2/c1-17-6-9-19(10-7-17)32(29,30)28-22-5-3-2-4-20(22)21-11-8-18(14-23(21)28)25-24-15-26-16-27(24)12-13-31-25/h2-11,14-16,25H,12-13H2,1H3. The molecule has 0 radical (unpaired) electrons. The van der Waals surface area contributed by atoms with E-state index in [-0.39, 0.29) is 5.25 Å². The number of rotatable bonds is 3. The first-order valence-corrected chi connectivity index (χ1v) is 13.0. The van der Waals surface area contributed by atoms with Gasteiger partial charge in [-0.3, -0.25) is 0 Å². The Hall–Kier alpha value is -3.03. The average Bonchev–Trinajstić information content (AvgIpc) is 3.41. The van der Waals surface area contributed by atoms with E-state index in [0.717, 1.165) is 39.9 Å². The number of para-hydroxylation sites is 1. The lowest BCUT2D eigenvalue weighted by molar-refractivity contribution is 0.590. The zero-order valence-corrected chi connectivity index (χ0v) is 19.1. The lowest BCUT2D eigenvalue weighted by atomic mass is 10.1. The summed E-state index contributed by atoms with van der Waals surface area (Å²) in [4.78, 5) is 4.62. The molecular formula is C25H21N3O2S2. The lowest BCUT2D eigenvalue weighted by Crippen LogP contribution is -2.15. The van der Waals surface area contributed by atoms with Gasteiger partial charge in [0.2, 0.25) is 0 Å². The summed E-state index contributed by atoms with van der Waals surface area (Å²) in [6.45, 7) is 2.90. The molecule has 0 saturated heterocycles. The van der Waals surface area contributed by atoms with Crippen molar-refractivity contribution in [2.75, 3.05) is 5.75 Å². The maximum atomic E-state index is 13.8. The van der Waals surface area contributed by atoms with Crippen LogP contribution in [0, 0.1) is 6.92 Å². The van der Waals surface area contributed by atoms with Crippen LogP contribution >= 0.6 is 11.8 Å². The topological polar surface area (TPSA) is 56.9 Å². The van der Waals surface area contributed by atoms with Gasteiger partial charge < -0.3 is 4.57 Å². The Bertz CT molecular complexity index is 1580. The largest absolute Gasteiger partial charge is 0.332 e. The maximum Gasteiger partial charge on any atom is 0.268 e. The first kappa shape index (κ1) is 19.6. The molecule has 0 amide bonds. The van der Waals surface area contributed by atoms with Crippen molar-refractivity contribution < 1.29 is 8.42 Å². The summed E-state index contributed by atoms with van der Waals surface area (Å²) >= 11 is 1.87. The van der Waals surface area contributed by atoms with E-state index in [1.807, 2.05) is 73.7 Å². The highest BCUT2D eigenvalue weighted by molar-refractivity contribution is 7.99. The Morgan fingerprint density at radius 3 is 2.59 bits per heavy atom. The molecule has 1 aliphatic heterocycles. The third-order valence-corrected chi connectivity index (χ3v) is 9.15. The fourth-order valence-electron chi connectivity index (χ4n) is 4.55. The van der Waals surface area contributed by atoms with Gasteiger partial charge in [0, 0.05) is 29.3 Å². The summed E-state index contributed by atoms with van der Waals surface area (Å²) in [7, 11) is -3.77. The van der Waals surface area contributed by atoms with Crippen LogP contribution < -0.4 is 0 Å². The molecule has 0 aliphatic carbocycles. The molecule has 5 nitrogen and oxygen atoms in total. The molecule has 1 atom stereocenters. The number of nitrogens with zero attached hydrogens (tertiary/aromatic N) is 3. The molecule has 0 fully saturated rings. The normalized spacial score (nSPS) is 16.5. The summed E-state index contributed by atoms with van der Waals surface area (Å²) in [5.41, 5.74) is 4.68. The van der Waals surface area contributed by atoms with E-state index in [4.69, 9.17) is 0 Å². The molecule has 0 N–H and O–H groups in total. The summed E-state index contributed by atoms with van der Waals surface area (Å²) in [6, 6.07) is 21.0. The van der Waals surface area contributed by atoms with E-state index < -0.39 is 10.0 Å². The Balaban J connectivity index is 1.62. The molecular weight excluding hydrogens is 438 g/mol. The van der Waals surface area contributed by atoms with Crippen LogP contribution in [0.5, 0.6) is 0 Å². The Labute approximate surface area is 190 Å². The highest BCUT2D eigenvalue weighted by Gasteiger charge is 2.26. The second kappa shape index (κ2) is 7.25. The summed E-state index contributed by atoms with van der Waals surface area (Å²) in [5, 5.41) is 2.00. The van der Waals surface area contributed by atoms with Crippen molar-refractivity contribution in [3.8, 4) is 0 Å². The van der Waals surface area contributed by atoms with Crippen LogP contribution in [0.15, 0.2) is 84.1 Å². The van der Waals surface area contributed by atoms with Crippen molar-refractivity contribution in [3.63, 3.8) is 0 Å². The van der Waals surface area contributed by atoms with Gasteiger partial charge in [-0.05, 0) is 36.8 Å². The molecule has 2 aromatic heterocycles. The number of aromatic nitrogens is 3. The molecule has 0 spiro atoms. The molecule has 0 saturated carbocycles. The molecule has 1 unspecified atom stereocenters. The Morgan fingerprint density at radius 1 is 0.969 bits per heavy atom. The lowest BCUT2D eigenvalue weighted by Gasteiger charge is -2.24. The van der Waals surface area contributed by atoms with Crippen LogP contribution in [0.2, 0.25) is 0 Å². The summed E-state index contributed by atoms with van der Waals surface area (Å²) in [6.07, 6.45) is 3.79. The third-order valence-electron chi connectivity index (χ3n) is 6.15. The first-order chi connectivity index (χ1) is 15.5. The molecule has 32 heavy (non-hydrogen) atoms. The Morgan fingerprint density at radius 2 is 1.75 bits per heavy atom. The van der Waals surface area contributed by atoms with Crippen LogP contribution in [0.3, 0.4) is 0 Å². The van der Waals surface area contributed by atoms with Crippen LogP contribution in [-0.4, -0.2) is 27.7 Å². The zero-order chi connectivity index (χ0) is 21.9. The molecule has 5 aromatic rings. The number of aryl methyl sites for hydroxylation is 2. The van der Waals surface area contributed by atoms with Crippen molar-refractivity contribution >= 4 is 43.6 Å². The molecule has 0 bridgehead atoms. The average molecular weight is 460 g/mol. The minimum atomic E-state index is -3.77. The quantitative estimate of drug-likeness (QED) is 0.364. The fourth-order valence-corrected chi connectivity index (χ4v) is 7.31. The van der Waals surface area contributed by atoms with Gasteiger partial charge in [-0.2, -0.15) is 0 Å². The molecule has 6 rings (SSSR count). The van der Waals surface area contributed by atoms with E-state index in [0.29, 0.717) is 15.9 Å². The Kier molecular flexibility index (Phi) is 4.45. The van der Waals surface area contributed by atoms with Crippen molar-refractivity contribution in [1.82, 2.24) is 13.5 Å². The second-order valence-corrected chi connectivity index (χ2v) is 11.1.